The number of hydrogen-bond donors (Lipinski definition) is 2. The monoisotopic (exact) mass is 363 g/mol. The van der Waals surface area contributed by atoms with Crippen molar-refractivity contribution in [3.05, 3.63) is 82.0 Å². The number of carbonyl (C=O) groups excluding carboxylic acids is 1. The van der Waals surface area contributed by atoms with Gasteiger partial charge in [-0.3, -0.25) is 4.79 Å². The molecule has 0 aromatic heterocycles. The lowest BCUT2D eigenvalue weighted by molar-refractivity contribution is -0.139. The summed E-state index contributed by atoms with van der Waals surface area (Å²) in [6, 6.07) is 13.0. The predicted molar refractivity (Wildman–Crippen MR) is 94.6 cm³/mol. The second kappa shape index (κ2) is 8.52. The third kappa shape index (κ3) is 5.11. The van der Waals surface area contributed by atoms with Crippen molar-refractivity contribution in [1.29, 1.82) is 0 Å². The number of hydrogen-bond acceptors (Lipinski definition) is 3. The zero-order valence-electron chi connectivity index (χ0n) is 12.6. The van der Waals surface area contributed by atoms with Gasteiger partial charge in [0.05, 0.1) is 5.02 Å². The standard InChI is InChI=1S/C18H15Cl2NO3/c19-13-6-7-15(20)14(11-13)17(22)8-9-21-16(18(23)24)10-12-4-2-1-3-5-12/h1-9,11,16,21H,10H2,(H,23,24)/b9-8-. The van der Waals surface area contributed by atoms with Crippen molar-refractivity contribution in [2.75, 3.05) is 0 Å². The number of benzene rings is 2. The highest BCUT2D eigenvalue weighted by atomic mass is 35.5. The molecule has 0 aliphatic carbocycles. The Kier molecular flexibility index (Phi) is 6.41. The zero-order valence-corrected chi connectivity index (χ0v) is 14.1. The minimum absolute atomic E-state index is 0.261. The lowest BCUT2D eigenvalue weighted by Crippen LogP contribution is -2.35. The first-order valence-electron chi connectivity index (χ1n) is 7.16. The van der Waals surface area contributed by atoms with Crippen molar-refractivity contribution in [1.82, 2.24) is 5.32 Å². The average molecular weight is 364 g/mol. The molecule has 1 unspecified atom stereocenters. The quantitative estimate of drug-likeness (QED) is 0.576. The minimum atomic E-state index is -1.00. The van der Waals surface area contributed by atoms with Gasteiger partial charge in [0, 0.05) is 29.3 Å². The molecule has 24 heavy (non-hydrogen) atoms. The molecule has 0 aliphatic heterocycles. The van der Waals surface area contributed by atoms with E-state index in [9.17, 15) is 14.7 Å². The predicted octanol–water partition coefficient (Wildman–Crippen LogP) is 3.98. The average Bonchev–Trinajstić information content (AvgIpc) is 2.56. The molecule has 4 nitrogen and oxygen atoms in total. The van der Waals surface area contributed by atoms with Crippen LogP contribution in [0.4, 0.5) is 0 Å². The Labute approximate surface area is 149 Å². The van der Waals surface area contributed by atoms with Gasteiger partial charge in [-0.05, 0) is 23.8 Å². The largest absolute Gasteiger partial charge is 0.480 e. The zero-order chi connectivity index (χ0) is 17.5. The van der Waals surface area contributed by atoms with Crippen LogP contribution in [0.5, 0.6) is 0 Å². The van der Waals surface area contributed by atoms with Crippen LogP contribution in [0.2, 0.25) is 10.0 Å². The number of carboxylic acid groups (broad SMARTS) is 1. The number of ketones is 1. The molecule has 2 rings (SSSR count). The van der Waals surface area contributed by atoms with Crippen molar-refractivity contribution < 1.29 is 14.7 Å². The molecule has 0 bridgehead atoms. The fraction of sp³-hybridized carbons (Fsp3) is 0.111. The number of aliphatic carboxylic acids is 1. The van der Waals surface area contributed by atoms with Gasteiger partial charge in [-0.25, -0.2) is 4.79 Å². The Bertz CT molecular complexity index is 760. The van der Waals surface area contributed by atoms with Crippen LogP contribution in [-0.4, -0.2) is 22.9 Å². The molecular formula is C18H15Cl2NO3. The summed E-state index contributed by atoms with van der Waals surface area (Å²) in [6.07, 6.45) is 2.85. The van der Waals surface area contributed by atoms with E-state index in [1.54, 1.807) is 6.07 Å². The van der Waals surface area contributed by atoms with Crippen LogP contribution in [0, 0.1) is 0 Å². The Morgan fingerprint density at radius 1 is 1.12 bits per heavy atom. The van der Waals surface area contributed by atoms with E-state index < -0.39 is 12.0 Å². The summed E-state index contributed by atoms with van der Waals surface area (Å²) >= 11 is 11.8. The molecule has 124 valence electrons. The Morgan fingerprint density at radius 2 is 1.83 bits per heavy atom. The van der Waals surface area contributed by atoms with Crippen molar-refractivity contribution in [3.8, 4) is 0 Å². The fourth-order valence-electron chi connectivity index (χ4n) is 2.08. The van der Waals surface area contributed by atoms with Crippen LogP contribution < -0.4 is 5.32 Å². The maximum Gasteiger partial charge on any atom is 0.326 e. The summed E-state index contributed by atoms with van der Waals surface area (Å²) < 4.78 is 0. The second-order valence-electron chi connectivity index (χ2n) is 5.07. The highest BCUT2D eigenvalue weighted by molar-refractivity contribution is 6.36. The maximum absolute atomic E-state index is 12.1. The first-order chi connectivity index (χ1) is 11.5. The molecule has 0 saturated carbocycles. The molecule has 0 spiro atoms. The van der Waals surface area contributed by atoms with Gasteiger partial charge in [-0.1, -0.05) is 53.5 Å². The summed E-state index contributed by atoms with van der Waals surface area (Å²) in [4.78, 5) is 23.4. The second-order valence-corrected chi connectivity index (χ2v) is 5.91. The van der Waals surface area contributed by atoms with Crippen LogP contribution in [-0.2, 0) is 11.2 Å². The van der Waals surface area contributed by atoms with Gasteiger partial charge >= 0.3 is 5.97 Å². The third-order valence-corrected chi connectivity index (χ3v) is 3.87. The van der Waals surface area contributed by atoms with Crippen molar-refractivity contribution in [2.45, 2.75) is 12.5 Å². The molecular weight excluding hydrogens is 349 g/mol. The van der Waals surface area contributed by atoms with Crippen molar-refractivity contribution >= 4 is 35.0 Å². The molecule has 2 aromatic rings. The number of rotatable bonds is 7. The fourth-order valence-corrected chi connectivity index (χ4v) is 2.47. The van der Waals surface area contributed by atoms with Crippen LogP contribution in [0.15, 0.2) is 60.8 Å². The van der Waals surface area contributed by atoms with Gasteiger partial charge in [0.1, 0.15) is 6.04 Å². The van der Waals surface area contributed by atoms with E-state index in [1.165, 1.54) is 24.4 Å². The van der Waals surface area contributed by atoms with Gasteiger partial charge in [0.15, 0.2) is 5.78 Å². The summed E-state index contributed by atoms with van der Waals surface area (Å²) in [5.74, 6) is -1.37. The van der Waals surface area contributed by atoms with Gasteiger partial charge in [-0.2, -0.15) is 0 Å². The van der Waals surface area contributed by atoms with Crippen LogP contribution >= 0.6 is 23.2 Å². The molecule has 0 amide bonds. The van der Waals surface area contributed by atoms with E-state index in [4.69, 9.17) is 23.2 Å². The summed E-state index contributed by atoms with van der Waals surface area (Å²) in [5.41, 5.74) is 1.15. The van der Waals surface area contributed by atoms with Gasteiger partial charge in [-0.15, -0.1) is 0 Å². The van der Waals surface area contributed by atoms with Crippen LogP contribution in [0.1, 0.15) is 15.9 Å². The first kappa shape index (κ1) is 18.0. The Morgan fingerprint density at radius 3 is 2.50 bits per heavy atom. The number of halogens is 2. The summed E-state index contributed by atoms with van der Waals surface area (Å²) in [7, 11) is 0. The molecule has 0 saturated heterocycles. The van der Waals surface area contributed by atoms with Gasteiger partial charge in [0.25, 0.3) is 0 Å². The summed E-state index contributed by atoms with van der Waals surface area (Å²) in [6.45, 7) is 0. The minimum Gasteiger partial charge on any atom is -0.480 e. The maximum atomic E-state index is 12.1. The van der Waals surface area contributed by atoms with Gasteiger partial charge < -0.3 is 10.4 Å². The topological polar surface area (TPSA) is 66.4 Å². The van der Waals surface area contributed by atoms with Crippen molar-refractivity contribution in [2.24, 2.45) is 0 Å². The molecule has 6 heteroatoms. The van der Waals surface area contributed by atoms with Crippen LogP contribution in [0.25, 0.3) is 0 Å². The van der Waals surface area contributed by atoms with Crippen molar-refractivity contribution in [3.63, 3.8) is 0 Å². The van der Waals surface area contributed by atoms with E-state index in [-0.39, 0.29) is 16.4 Å². The van der Waals surface area contributed by atoms with E-state index in [2.05, 4.69) is 5.32 Å². The molecule has 2 N–H and O–H groups in total. The first-order valence-corrected chi connectivity index (χ1v) is 7.91. The molecule has 0 heterocycles. The molecule has 0 fully saturated rings. The molecule has 1 atom stereocenters. The molecule has 0 aliphatic rings. The molecule has 2 aromatic carbocycles. The Hall–Kier alpha value is -2.30. The lowest BCUT2D eigenvalue weighted by Gasteiger charge is -2.12. The number of carbonyl (C=O) groups is 2. The van der Waals surface area contributed by atoms with E-state index in [1.807, 2.05) is 30.3 Å². The SMILES string of the molecule is O=C(/C=C\NC(Cc1ccccc1)C(=O)O)c1cc(Cl)ccc1Cl. The van der Waals surface area contributed by atoms with Crippen LogP contribution in [0.3, 0.4) is 0 Å². The Balaban J connectivity index is 2.03. The normalized spacial score (nSPS) is 12.1. The number of allylic oxidation sites excluding steroid dienone is 1. The molecule has 0 radical (unpaired) electrons. The van der Waals surface area contributed by atoms with E-state index in [0.717, 1.165) is 5.56 Å². The number of carboxylic acids is 1. The summed E-state index contributed by atoms with van der Waals surface area (Å²) in [5, 5.41) is 12.7. The smallest absolute Gasteiger partial charge is 0.326 e. The van der Waals surface area contributed by atoms with Gasteiger partial charge in [0.2, 0.25) is 0 Å². The highest BCUT2D eigenvalue weighted by Crippen LogP contribution is 2.21. The number of nitrogens with one attached hydrogen (secondary N) is 1. The third-order valence-electron chi connectivity index (χ3n) is 3.31. The highest BCUT2D eigenvalue weighted by Gasteiger charge is 2.16. The van der Waals surface area contributed by atoms with E-state index >= 15 is 0 Å². The lowest BCUT2D eigenvalue weighted by atomic mass is 10.1. The van der Waals surface area contributed by atoms with E-state index in [0.29, 0.717) is 11.4 Å².